The summed E-state index contributed by atoms with van der Waals surface area (Å²) < 4.78 is 16.3. The Balaban J connectivity index is 2.30. The van der Waals surface area contributed by atoms with Gasteiger partial charge in [-0.15, -0.1) is 0 Å². The van der Waals surface area contributed by atoms with E-state index in [9.17, 15) is 9.59 Å². The summed E-state index contributed by atoms with van der Waals surface area (Å²) in [5.41, 5.74) is 3.75. The van der Waals surface area contributed by atoms with Gasteiger partial charge in [0.25, 0.3) is 0 Å². The highest BCUT2D eigenvalue weighted by atomic mass is 16.5. The van der Waals surface area contributed by atoms with Crippen LogP contribution >= 0.6 is 0 Å². The molecule has 0 aromatic heterocycles. The quantitative estimate of drug-likeness (QED) is 0.632. The monoisotopic (exact) mass is 306 g/mol. The van der Waals surface area contributed by atoms with Crippen molar-refractivity contribution in [3.8, 4) is 11.5 Å². The van der Waals surface area contributed by atoms with E-state index < -0.39 is 0 Å². The molecule has 1 atom stereocenters. The Morgan fingerprint density at radius 1 is 1.18 bits per heavy atom. The van der Waals surface area contributed by atoms with Crippen LogP contribution in [0.1, 0.15) is 42.5 Å². The van der Waals surface area contributed by atoms with Crippen LogP contribution in [0.3, 0.4) is 0 Å². The van der Waals surface area contributed by atoms with Crippen LogP contribution in [0.4, 0.5) is 0 Å². The number of carbonyl (C=O) groups excluding carboxylic acids is 2. The van der Waals surface area contributed by atoms with Crippen molar-refractivity contribution in [3.05, 3.63) is 22.3 Å². The average Bonchev–Trinajstić information content (AvgIpc) is 2.85. The second-order valence-corrected chi connectivity index (χ2v) is 5.56. The summed E-state index contributed by atoms with van der Waals surface area (Å²) in [7, 11) is 0. The zero-order chi connectivity index (χ0) is 16.4. The predicted molar refractivity (Wildman–Crippen MR) is 81.3 cm³/mol. The first-order valence-electron chi connectivity index (χ1n) is 7.48. The number of carbonyl (C=O) groups is 2. The predicted octanol–water partition coefficient (Wildman–Crippen LogP) is 2.79. The highest BCUT2D eigenvalue weighted by molar-refractivity contribution is 5.73. The van der Waals surface area contributed by atoms with Gasteiger partial charge >= 0.3 is 11.9 Å². The molecule has 0 spiro atoms. The number of rotatable bonds is 4. The molecule has 120 valence electrons. The normalized spacial score (nSPS) is 16.0. The molecule has 1 unspecified atom stereocenters. The second kappa shape index (κ2) is 6.38. The standard InChI is InChI=1S/C17H22O5/c1-6-20-15(19)8-13-7-14-11(4)16(21-12(5)18)9(2)10(3)17(14)22-13/h13H,6-8H2,1-5H3. The van der Waals surface area contributed by atoms with Gasteiger partial charge in [-0.1, -0.05) is 0 Å². The molecule has 0 saturated carbocycles. The SMILES string of the molecule is CCOC(=O)CC1Cc2c(C)c(OC(C)=O)c(C)c(C)c2O1. The molecule has 0 fully saturated rings. The zero-order valence-electron chi connectivity index (χ0n) is 13.7. The Labute approximate surface area is 130 Å². The summed E-state index contributed by atoms with van der Waals surface area (Å²) in [6, 6.07) is 0. The van der Waals surface area contributed by atoms with Gasteiger partial charge in [-0.25, -0.2) is 0 Å². The van der Waals surface area contributed by atoms with Crippen LogP contribution in [0.2, 0.25) is 0 Å². The molecular weight excluding hydrogens is 284 g/mol. The van der Waals surface area contributed by atoms with Crippen LogP contribution in [-0.2, 0) is 20.7 Å². The van der Waals surface area contributed by atoms with Crippen molar-refractivity contribution in [3.63, 3.8) is 0 Å². The van der Waals surface area contributed by atoms with Gasteiger partial charge in [-0.2, -0.15) is 0 Å². The Hall–Kier alpha value is -2.04. The smallest absolute Gasteiger partial charge is 0.309 e. The molecule has 5 nitrogen and oxygen atoms in total. The fraction of sp³-hybridized carbons (Fsp3) is 0.529. The van der Waals surface area contributed by atoms with E-state index in [-0.39, 0.29) is 24.5 Å². The molecule has 0 amide bonds. The van der Waals surface area contributed by atoms with Gasteiger partial charge in [-0.3, -0.25) is 9.59 Å². The van der Waals surface area contributed by atoms with E-state index in [1.807, 2.05) is 20.8 Å². The molecular formula is C17H22O5. The molecule has 1 aliphatic rings. The molecule has 1 aliphatic heterocycles. The molecule has 5 heteroatoms. The number of ether oxygens (including phenoxy) is 3. The first-order valence-corrected chi connectivity index (χ1v) is 7.48. The number of esters is 2. The minimum Gasteiger partial charge on any atom is -0.489 e. The van der Waals surface area contributed by atoms with E-state index in [2.05, 4.69) is 0 Å². The molecule has 0 N–H and O–H groups in total. The minimum absolute atomic E-state index is 0.224. The molecule has 0 aliphatic carbocycles. The third-order valence-electron chi connectivity index (χ3n) is 3.97. The maximum Gasteiger partial charge on any atom is 0.309 e. The van der Waals surface area contributed by atoms with Crippen LogP contribution in [-0.4, -0.2) is 24.6 Å². The van der Waals surface area contributed by atoms with Crippen molar-refractivity contribution in [2.45, 2.75) is 53.6 Å². The van der Waals surface area contributed by atoms with E-state index in [0.29, 0.717) is 18.8 Å². The van der Waals surface area contributed by atoms with E-state index in [0.717, 1.165) is 28.0 Å². The third-order valence-corrected chi connectivity index (χ3v) is 3.97. The molecule has 22 heavy (non-hydrogen) atoms. The lowest BCUT2D eigenvalue weighted by Crippen LogP contribution is -2.20. The van der Waals surface area contributed by atoms with Crippen molar-refractivity contribution in [2.24, 2.45) is 0 Å². The van der Waals surface area contributed by atoms with Crippen LogP contribution in [0.5, 0.6) is 11.5 Å². The number of hydrogen-bond acceptors (Lipinski definition) is 5. The number of hydrogen-bond donors (Lipinski definition) is 0. The van der Waals surface area contributed by atoms with Crippen molar-refractivity contribution in [1.29, 1.82) is 0 Å². The average molecular weight is 306 g/mol. The van der Waals surface area contributed by atoms with Gasteiger partial charge in [0.15, 0.2) is 0 Å². The third kappa shape index (κ3) is 3.08. The fourth-order valence-corrected chi connectivity index (χ4v) is 2.81. The van der Waals surface area contributed by atoms with Gasteiger partial charge in [0.2, 0.25) is 0 Å². The fourth-order valence-electron chi connectivity index (χ4n) is 2.81. The first kappa shape index (κ1) is 16.3. The summed E-state index contributed by atoms with van der Waals surface area (Å²) in [4.78, 5) is 22.9. The van der Waals surface area contributed by atoms with E-state index in [1.54, 1.807) is 6.92 Å². The second-order valence-electron chi connectivity index (χ2n) is 5.56. The molecule has 0 saturated heterocycles. The molecule has 1 aromatic rings. The lowest BCUT2D eigenvalue weighted by Gasteiger charge is -2.16. The highest BCUT2D eigenvalue weighted by Gasteiger charge is 2.31. The number of fused-ring (bicyclic) bond motifs is 1. The summed E-state index contributed by atoms with van der Waals surface area (Å²) in [6.07, 6.45) is 0.622. The van der Waals surface area contributed by atoms with E-state index in [1.165, 1.54) is 6.92 Å². The van der Waals surface area contributed by atoms with Crippen LogP contribution in [0, 0.1) is 20.8 Å². The summed E-state index contributed by atoms with van der Waals surface area (Å²) in [5, 5.41) is 0. The van der Waals surface area contributed by atoms with Crippen molar-refractivity contribution < 1.29 is 23.8 Å². The van der Waals surface area contributed by atoms with Gasteiger partial charge in [0, 0.05) is 18.9 Å². The lowest BCUT2D eigenvalue weighted by molar-refractivity contribution is -0.144. The Bertz CT molecular complexity index is 618. The number of benzene rings is 1. The summed E-state index contributed by atoms with van der Waals surface area (Å²) in [6.45, 7) is 9.30. The maximum absolute atomic E-state index is 11.6. The zero-order valence-corrected chi connectivity index (χ0v) is 13.7. The van der Waals surface area contributed by atoms with E-state index in [4.69, 9.17) is 14.2 Å². The topological polar surface area (TPSA) is 61.8 Å². The summed E-state index contributed by atoms with van der Waals surface area (Å²) in [5.74, 6) is 0.810. The lowest BCUT2D eigenvalue weighted by atomic mass is 9.95. The van der Waals surface area contributed by atoms with Gasteiger partial charge in [-0.05, 0) is 44.4 Å². The Morgan fingerprint density at radius 2 is 1.86 bits per heavy atom. The molecule has 2 rings (SSSR count). The van der Waals surface area contributed by atoms with Gasteiger partial charge in [0.05, 0.1) is 13.0 Å². The largest absolute Gasteiger partial charge is 0.489 e. The Kier molecular flexibility index (Phi) is 4.74. The van der Waals surface area contributed by atoms with Crippen LogP contribution < -0.4 is 9.47 Å². The van der Waals surface area contributed by atoms with Crippen LogP contribution in [0.15, 0.2) is 0 Å². The maximum atomic E-state index is 11.6. The van der Waals surface area contributed by atoms with Crippen molar-refractivity contribution in [1.82, 2.24) is 0 Å². The van der Waals surface area contributed by atoms with Gasteiger partial charge < -0.3 is 14.2 Å². The Morgan fingerprint density at radius 3 is 2.45 bits per heavy atom. The molecule has 1 aromatic carbocycles. The highest BCUT2D eigenvalue weighted by Crippen LogP contribution is 2.43. The van der Waals surface area contributed by atoms with E-state index >= 15 is 0 Å². The molecule has 1 heterocycles. The molecule has 0 radical (unpaired) electrons. The first-order chi connectivity index (χ1) is 10.3. The van der Waals surface area contributed by atoms with Gasteiger partial charge in [0.1, 0.15) is 17.6 Å². The van der Waals surface area contributed by atoms with Crippen LogP contribution in [0.25, 0.3) is 0 Å². The summed E-state index contributed by atoms with van der Waals surface area (Å²) >= 11 is 0. The minimum atomic E-state index is -0.340. The van der Waals surface area contributed by atoms with Crippen molar-refractivity contribution >= 4 is 11.9 Å². The van der Waals surface area contributed by atoms with Crippen molar-refractivity contribution in [2.75, 3.05) is 6.61 Å². The molecule has 0 bridgehead atoms.